The van der Waals surface area contributed by atoms with E-state index in [0.717, 1.165) is 98.4 Å². The van der Waals surface area contributed by atoms with Crippen LogP contribution in [0.2, 0.25) is 0 Å². The third-order valence-electron chi connectivity index (χ3n) is 15.8. The summed E-state index contributed by atoms with van der Waals surface area (Å²) < 4.78 is 0. The van der Waals surface area contributed by atoms with E-state index >= 15 is 0 Å². The van der Waals surface area contributed by atoms with Crippen molar-refractivity contribution in [3.63, 3.8) is 0 Å². The highest BCUT2D eigenvalue weighted by molar-refractivity contribution is 5.95. The van der Waals surface area contributed by atoms with E-state index in [1.54, 1.807) is 0 Å². The molecule has 360 valence electrons. The van der Waals surface area contributed by atoms with Crippen LogP contribution in [0.1, 0.15) is 132 Å². The van der Waals surface area contributed by atoms with Gasteiger partial charge in [0.05, 0.1) is 36.0 Å². The quantitative estimate of drug-likeness (QED) is 0.0877. The van der Waals surface area contributed by atoms with Crippen molar-refractivity contribution < 1.29 is 19.2 Å². The van der Waals surface area contributed by atoms with Gasteiger partial charge in [-0.15, -0.1) is 0 Å². The molecule has 2 aromatic heterocycles. The summed E-state index contributed by atoms with van der Waals surface area (Å²) in [5.74, 6) is 1.68. The van der Waals surface area contributed by atoms with Crippen molar-refractivity contribution in [1.29, 1.82) is 0 Å². The summed E-state index contributed by atoms with van der Waals surface area (Å²) in [6, 6.07) is 34.6. The number of H-pyrrole nitrogens is 2. The first-order valence-electron chi connectivity index (χ1n) is 25.2. The lowest BCUT2D eigenvalue weighted by Gasteiger charge is -2.41. The summed E-state index contributed by atoms with van der Waals surface area (Å²) in [6.07, 6.45) is 12.2. The molecule has 10 atom stereocenters. The van der Waals surface area contributed by atoms with Gasteiger partial charge < -0.3 is 31.1 Å². The predicted octanol–water partition coefficient (Wildman–Crippen LogP) is 7.70. The van der Waals surface area contributed by atoms with Gasteiger partial charge in [-0.1, -0.05) is 98.5 Å². The summed E-state index contributed by atoms with van der Waals surface area (Å²) in [4.78, 5) is 67.0. The molecule has 6 aromatic rings. The van der Waals surface area contributed by atoms with Crippen LogP contribution in [0.4, 0.5) is 11.4 Å². The van der Waals surface area contributed by atoms with Gasteiger partial charge in [-0.05, 0) is 86.1 Å². The Morgan fingerprint density at radius 3 is 1.30 bits per heavy atom. The van der Waals surface area contributed by atoms with Gasteiger partial charge in [-0.2, -0.15) is 10.2 Å². The molecule has 2 aliphatic carbocycles. The zero-order valence-corrected chi connectivity index (χ0v) is 39.1. The lowest BCUT2D eigenvalue weighted by atomic mass is 9.80. The van der Waals surface area contributed by atoms with E-state index in [0.29, 0.717) is 24.2 Å². The predicted molar refractivity (Wildman–Crippen MR) is 263 cm³/mol. The summed E-state index contributed by atoms with van der Waals surface area (Å²) in [5, 5.41) is 27.8. The van der Waals surface area contributed by atoms with Gasteiger partial charge in [0.1, 0.15) is 24.3 Å². The van der Waals surface area contributed by atoms with Gasteiger partial charge in [0.2, 0.25) is 11.8 Å². The molecule has 6 N–H and O–H groups in total. The molecule has 2 saturated carbocycles. The number of para-hydroxylation sites is 2. The van der Waals surface area contributed by atoms with Crippen molar-refractivity contribution in [2.24, 2.45) is 23.7 Å². The maximum Gasteiger partial charge on any atom is 0.251 e. The van der Waals surface area contributed by atoms with Crippen LogP contribution in [0.25, 0.3) is 0 Å². The average molecular weight is 941 g/mol. The number of anilines is 2. The van der Waals surface area contributed by atoms with Crippen LogP contribution < -0.4 is 21.3 Å². The van der Waals surface area contributed by atoms with Gasteiger partial charge in [-0.3, -0.25) is 29.4 Å². The highest BCUT2D eigenvalue weighted by Crippen LogP contribution is 2.53. The lowest BCUT2D eigenvalue weighted by Crippen LogP contribution is -2.50. The largest absolute Gasteiger partial charge is 0.374 e. The maximum atomic E-state index is 14.1. The van der Waals surface area contributed by atoms with Crippen LogP contribution in [-0.4, -0.2) is 89.0 Å². The van der Waals surface area contributed by atoms with E-state index in [4.69, 9.17) is 0 Å². The third kappa shape index (κ3) is 8.79. The Bertz CT molecular complexity index is 2580. The van der Waals surface area contributed by atoms with Crippen molar-refractivity contribution in [2.45, 2.75) is 100 Å². The molecule has 4 fully saturated rings. The fraction of sp³-hybridized carbons (Fsp3) is 0.407. The average Bonchev–Trinajstić information content (AvgIpc) is 4.28. The minimum Gasteiger partial charge on any atom is -0.374 e. The molecule has 6 aliphatic rings. The molecule has 4 aromatic carbocycles. The lowest BCUT2D eigenvalue weighted by molar-refractivity contribution is -0.139. The molecular weight excluding hydrogens is 881 g/mol. The van der Waals surface area contributed by atoms with E-state index in [-0.39, 0.29) is 83.6 Å². The number of aromatic amines is 2. The van der Waals surface area contributed by atoms with Crippen molar-refractivity contribution in [2.75, 3.05) is 23.7 Å². The van der Waals surface area contributed by atoms with E-state index < -0.39 is 0 Å². The van der Waals surface area contributed by atoms with E-state index in [2.05, 4.69) is 85.7 Å². The summed E-state index contributed by atoms with van der Waals surface area (Å²) in [5.41, 5.74) is 5.64. The maximum absolute atomic E-state index is 14.1. The zero-order chi connectivity index (χ0) is 47.6. The second-order valence-electron chi connectivity index (χ2n) is 19.7. The number of amides is 4. The minimum absolute atomic E-state index is 0.0255. The molecule has 4 amide bonds. The van der Waals surface area contributed by atoms with Crippen LogP contribution in [0.15, 0.2) is 122 Å². The topological polar surface area (TPSA) is 206 Å². The normalized spacial score (nSPS) is 27.4. The number of likely N-dealkylation sites (tertiary alicyclic amines) is 2. The summed E-state index contributed by atoms with van der Waals surface area (Å²) in [6.45, 7) is 1.40. The first-order chi connectivity index (χ1) is 34.4. The molecule has 12 rings (SSSR count). The van der Waals surface area contributed by atoms with E-state index in [9.17, 15) is 19.2 Å². The Labute approximate surface area is 407 Å². The molecule has 6 heterocycles. The molecule has 4 aliphatic heterocycles. The standard InChI is InChI=1S/2C27H30N6O2/c2*34-26(17-8-2-1-3-9-17)31-22-13-7-5-11-19(22)27(35)33-15-14-20-23(25-28-16-29-32-25)30-21-12-6-4-10-18(21)24(20)33/h2*1-4,6,8-10,12,16,19-20,22-24,30H,5,7,11,13-15H2,(H,31,34)(H,28,29,32)/t19-,20+,22+,23+,24-;19-,20-,22+,23-,24+/m00/s1. The number of rotatable bonds is 8. The second-order valence-corrected chi connectivity index (χ2v) is 19.7. The van der Waals surface area contributed by atoms with Crippen LogP contribution in [-0.2, 0) is 9.59 Å². The molecule has 16 heteroatoms. The molecule has 0 unspecified atom stereocenters. The smallest absolute Gasteiger partial charge is 0.251 e. The number of hydrogen-bond acceptors (Lipinski definition) is 10. The first kappa shape index (κ1) is 45.1. The number of carbonyl (C=O) groups is 4. The SMILES string of the molecule is O=C(N[C@@H]1CCCC[C@@H]1C(=O)N1CC[C@@H]2[C@H](c3ncn[nH]3)Nc3ccccc3[C@@H]21)c1ccccc1.O=C(N[C@@H]1CCCC[C@@H]1C(=O)N1CC[C@H]2[C@@H](c3ncn[nH]3)Nc3ccccc3[C@H]21)c1ccccc1. The molecule has 70 heavy (non-hydrogen) atoms. The number of benzene rings is 4. The van der Waals surface area contributed by atoms with Gasteiger partial charge in [0.15, 0.2) is 0 Å². The third-order valence-corrected chi connectivity index (χ3v) is 15.8. The molecule has 2 saturated heterocycles. The fourth-order valence-corrected chi connectivity index (χ4v) is 12.5. The summed E-state index contributed by atoms with van der Waals surface area (Å²) in [7, 11) is 0. The number of aromatic nitrogens is 6. The Kier molecular flexibility index (Phi) is 12.8. The number of nitrogens with zero attached hydrogens (tertiary/aromatic N) is 6. The van der Waals surface area contributed by atoms with E-state index in [1.165, 1.54) is 12.7 Å². The van der Waals surface area contributed by atoms with Crippen LogP contribution in [0, 0.1) is 23.7 Å². The monoisotopic (exact) mass is 940 g/mol. The summed E-state index contributed by atoms with van der Waals surface area (Å²) >= 11 is 0. The number of carbonyl (C=O) groups excluding carboxylic acids is 4. The molecule has 16 nitrogen and oxygen atoms in total. The van der Waals surface area contributed by atoms with Gasteiger partial charge in [0.25, 0.3) is 11.8 Å². The Morgan fingerprint density at radius 1 is 0.486 bits per heavy atom. The number of nitrogens with one attached hydrogen (secondary N) is 6. The van der Waals surface area contributed by atoms with Crippen molar-refractivity contribution in [3.05, 3.63) is 156 Å². The van der Waals surface area contributed by atoms with Crippen LogP contribution in [0.3, 0.4) is 0 Å². The van der Waals surface area contributed by atoms with Crippen molar-refractivity contribution in [3.8, 4) is 0 Å². The van der Waals surface area contributed by atoms with Crippen LogP contribution in [0.5, 0.6) is 0 Å². The highest BCUT2D eigenvalue weighted by atomic mass is 16.2. The van der Waals surface area contributed by atoms with Gasteiger partial charge >= 0.3 is 0 Å². The number of fused-ring (bicyclic) bond motifs is 6. The van der Waals surface area contributed by atoms with Gasteiger partial charge in [-0.25, -0.2) is 9.97 Å². The van der Waals surface area contributed by atoms with E-state index in [1.807, 2.05) is 84.9 Å². The molecule has 0 radical (unpaired) electrons. The Morgan fingerprint density at radius 2 is 0.886 bits per heavy atom. The molecule has 0 bridgehead atoms. The number of hydrogen-bond donors (Lipinski definition) is 6. The van der Waals surface area contributed by atoms with Crippen LogP contribution >= 0.6 is 0 Å². The van der Waals surface area contributed by atoms with Gasteiger partial charge in [0, 0.05) is 59.5 Å². The molecule has 0 spiro atoms. The highest BCUT2D eigenvalue weighted by Gasteiger charge is 2.51. The minimum atomic E-state index is -0.207. The van der Waals surface area contributed by atoms with Crippen molar-refractivity contribution in [1.82, 2.24) is 50.8 Å². The fourth-order valence-electron chi connectivity index (χ4n) is 12.5. The zero-order valence-electron chi connectivity index (χ0n) is 39.1. The second kappa shape index (κ2) is 19.9. The first-order valence-corrected chi connectivity index (χ1v) is 25.2. The molecular formula is C54H60N12O4. The Balaban J connectivity index is 0.000000152. The van der Waals surface area contributed by atoms with Crippen molar-refractivity contribution >= 4 is 35.0 Å². The Hall–Kier alpha value is -7.36.